The summed E-state index contributed by atoms with van der Waals surface area (Å²) in [5.74, 6) is 0.874. The second-order valence-electron chi connectivity index (χ2n) is 11.6. The van der Waals surface area contributed by atoms with Crippen molar-refractivity contribution < 1.29 is 9.13 Å². The van der Waals surface area contributed by atoms with Crippen LogP contribution >= 0.6 is 0 Å². The number of fused-ring (bicyclic) bond motifs is 1. The van der Waals surface area contributed by atoms with Gasteiger partial charge in [0.1, 0.15) is 11.6 Å². The molecule has 5 rings (SSSR count). The lowest BCUT2D eigenvalue weighted by Crippen LogP contribution is -2.28. The van der Waals surface area contributed by atoms with Gasteiger partial charge in [0.25, 0.3) is 5.56 Å². The number of nitrogens with zero attached hydrogens (tertiary/aromatic N) is 4. The lowest BCUT2D eigenvalue weighted by molar-refractivity contribution is 0.310. The molecule has 0 spiro atoms. The Morgan fingerprint density at radius 3 is 2.34 bits per heavy atom. The Balaban J connectivity index is 1.78. The molecule has 0 atom stereocenters. The summed E-state index contributed by atoms with van der Waals surface area (Å²) >= 11 is 0. The zero-order valence-corrected chi connectivity index (χ0v) is 24.6. The summed E-state index contributed by atoms with van der Waals surface area (Å²) in [6.45, 7) is 9.70. The van der Waals surface area contributed by atoms with Gasteiger partial charge in [0.2, 0.25) is 5.78 Å². The molecule has 2 aromatic heterocycles. The Morgan fingerprint density at radius 1 is 0.951 bits per heavy atom. The molecule has 3 aromatic carbocycles. The Kier molecular flexibility index (Phi) is 7.82. The van der Waals surface area contributed by atoms with E-state index in [9.17, 15) is 9.18 Å². The summed E-state index contributed by atoms with van der Waals surface area (Å²) in [6, 6.07) is 24.5. The lowest BCUT2D eigenvalue weighted by atomic mass is 9.90. The van der Waals surface area contributed by atoms with Gasteiger partial charge in [-0.05, 0) is 43.3 Å². The zero-order valence-electron chi connectivity index (χ0n) is 24.6. The van der Waals surface area contributed by atoms with Gasteiger partial charge in [0.15, 0.2) is 0 Å². The minimum atomic E-state index is -0.332. The number of ether oxygens (including phenoxy) is 1. The lowest BCUT2D eigenvalue weighted by Gasteiger charge is -2.22. The monoisotopic (exact) mass is 552 g/mol. The minimum Gasteiger partial charge on any atom is -0.497 e. The summed E-state index contributed by atoms with van der Waals surface area (Å²) < 4.78 is 24.1. The molecule has 0 saturated heterocycles. The third-order valence-corrected chi connectivity index (χ3v) is 7.45. The molecule has 0 aliphatic carbocycles. The van der Waals surface area contributed by atoms with Crippen LogP contribution in [0.25, 0.3) is 16.9 Å². The Labute approximate surface area is 240 Å². The SMILES string of the molecule is COc1cccc(-c2c(C)n(Cc3ccccc3F)c3nc(C(C)(C)C)c(CN(C)Cc4ccccc4)n3c2=O)c1. The number of methoxy groups -OCH3 is 1. The molecule has 0 N–H and O–H groups in total. The standard InChI is InChI=1S/C34H37FN4O2/c1-23-30(25-16-12-17-27(19-25)41-6)32(40)39-29(22-37(5)20-24-13-8-7-9-14-24)31(34(2,3)4)36-33(39)38(23)21-26-15-10-11-18-28(26)35/h7-19H,20-22H2,1-6H3. The fourth-order valence-electron chi connectivity index (χ4n) is 5.44. The highest BCUT2D eigenvalue weighted by atomic mass is 19.1. The van der Waals surface area contributed by atoms with E-state index < -0.39 is 0 Å². The molecule has 0 saturated carbocycles. The average molecular weight is 553 g/mol. The van der Waals surface area contributed by atoms with Crippen molar-refractivity contribution in [1.82, 2.24) is 18.9 Å². The van der Waals surface area contributed by atoms with Crippen LogP contribution < -0.4 is 10.3 Å². The van der Waals surface area contributed by atoms with Crippen LogP contribution in [0.3, 0.4) is 0 Å². The van der Waals surface area contributed by atoms with Crippen LogP contribution in [-0.2, 0) is 25.0 Å². The van der Waals surface area contributed by atoms with E-state index in [-0.39, 0.29) is 23.3 Å². The number of halogens is 1. The summed E-state index contributed by atoms with van der Waals surface area (Å²) in [5, 5.41) is 0. The van der Waals surface area contributed by atoms with Gasteiger partial charge in [0.05, 0.1) is 30.6 Å². The molecule has 0 amide bonds. The summed E-state index contributed by atoms with van der Waals surface area (Å²) in [4.78, 5) is 21.8. The largest absolute Gasteiger partial charge is 0.497 e. The van der Waals surface area contributed by atoms with Crippen molar-refractivity contribution in [3.05, 3.63) is 123 Å². The van der Waals surface area contributed by atoms with Crippen molar-refractivity contribution in [2.75, 3.05) is 14.2 Å². The van der Waals surface area contributed by atoms with E-state index in [1.54, 1.807) is 23.6 Å². The van der Waals surface area contributed by atoms with Crippen molar-refractivity contribution in [3.63, 3.8) is 0 Å². The van der Waals surface area contributed by atoms with Crippen LogP contribution in [0, 0.1) is 12.7 Å². The van der Waals surface area contributed by atoms with Crippen LogP contribution in [0.1, 0.15) is 49.0 Å². The van der Waals surface area contributed by atoms with Crippen LogP contribution in [0.5, 0.6) is 5.75 Å². The molecule has 6 nitrogen and oxygen atoms in total. The number of aromatic nitrogens is 3. The zero-order chi connectivity index (χ0) is 29.3. The summed E-state index contributed by atoms with van der Waals surface area (Å²) in [7, 11) is 3.66. The molecule has 5 aromatic rings. The predicted molar refractivity (Wildman–Crippen MR) is 162 cm³/mol. The van der Waals surface area contributed by atoms with Gasteiger partial charge in [-0.3, -0.25) is 9.69 Å². The quantitative estimate of drug-likeness (QED) is 0.218. The van der Waals surface area contributed by atoms with E-state index in [4.69, 9.17) is 9.72 Å². The first-order chi connectivity index (χ1) is 19.6. The van der Waals surface area contributed by atoms with Gasteiger partial charge in [-0.25, -0.2) is 13.8 Å². The highest BCUT2D eigenvalue weighted by Crippen LogP contribution is 2.31. The molecule has 0 radical (unpaired) electrons. The molecule has 0 aliphatic heterocycles. The average Bonchev–Trinajstić information content (AvgIpc) is 3.32. The third kappa shape index (κ3) is 5.68. The number of imidazole rings is 1. The molecule has 41 heavy (non-hydrogen) atoms. The molecule has 0 fully saturated rings. The summed E-state index contributed by atoms with van der Waals surface area (Å²) in [5.41, 5.74) is 4.91. The van der Waals surface area contributed by atoms with Gasteiger partial charge >= 0.3 is 0 Å². The first-order valence-corrected chi connectivity index (χ1v) is 13.8. The van der Waals surface area contributed by atoms with Crippen molar-refractivity contribution >= 4 is 5.78 Å². The van der Waals surface area contributed by atoms with E-state index >= 15 is 0 Å². The van der Waals surface area contributed by atoms with Crippen molar-refractivity contribution in [3.8, 4) is 16.9 Å². The molecular formula is C34H37FN4O2. The van der Waals surface area contributed by atoms with Crippen molar-refractivity contribution in [1.29, 1.82) is 0 Å². The second-order valence-corrected chi connectivity index (χ2v) is 11.6. The Morgan fingerprint density at radius 2 is 1.66 bits per heavy atom. The number of benzene rings is 3. The van der Waals surface area contributed by atoms with E-state index in [1.165, 1.54) is 11.6 Å². The van der Waals surface area contributed by atoms with E-state index in [1.807, 2.05) is 67.1 Å². The van der Waals surface area contributed by atoms with E-state index in [0.717, 1.165) is 23.5 Å². The molecule has 7 heteroatoms. The summed E-state index contributed by atoms with van der Waals surface area (Å²) in [6.07, 6.45) is 0. The Bertz CT molecular complexity index is 1750. The van der Waals surface area contributed by atoms with Gasteiger partial charge in [-0.15, -0.1) is 0 Å². The third-order valence-electron chi connectivity index (χ3n) is 7.45. The first-order valence-electron chi connectivity index (χ1n) is 13.8. The highest BCUT2D eigenvalue weighted by Gasteiger charge is 2.29. The van der Waals surface area contributed by atoms with Crippen molar-refractivity contribution in [2.45, 2.75) is 52.7 Å². The number of hydrogen-bond donors (Lipinski definition) is 0. The van der Waals surface area contributed by atoms with Crippen molar-refractivity contribution in [2.24, 2.45) is 0 Å². The van der Waals surface area contributed by atoms with Crippen LogP contribution in [0.2, 0.25) is 0 Å². The van der Waals surface area contributed by atoms with Gasteiger partial charge < -0.3 is 9.30 Å². The van der Waals surface area contributed by atoms with Crippen LogP contribution in [0.4, 0.5) is 4.39 Å². The molecular weight excluding hydrogens is 515 g/mol. The molecule has 2 heterocycles. The molecule has 0 unspecified atom stereocenters. The van der Waals surface area contributed by atoms with Crippen LogP contribution in [-0.4, -0.2) is 33.0 Å². The predicted octanol–water partition coefficient (Wildman–Crippen LogP) is 6.60. The van der Waals surface area contributed by atoms with Gasteiger partial charge in [-0.2, -0.15) is 0 Å². The van der Waals surface area contributed by atoms with Gasteiger partial charge in [-0.1, -0.05) is 81.4 Å². The fraction of sp³-hybridized carbons (Fsp3) is 0.294. The number of hydrogen-bond acceptors (Lipinski definition) is 4. The minimum absolute atomic E-state index is 0.151. The first kappa shape index (κ1) is 28.3. The smallest absolute Gasteiger partial charge is 0.267 e. The maximum absolute atomic E-state index is 14.9. The Hall–Kier alpha value is -4.23. The fourth-order valence-corrected chi connectivity index (χ4v) is 5.44. The molecule has 0 aliphatic rings. The number of rotatable bonds is 8. The van der Waals surface area contributed by atoms with E-state index in [0.29, 0.717) is 34.9 Å². The molecule has 212 valence electrons. The maximum atomic E-state index is 14.9. The topological polar surface area (TPSA) is 51.8 Å². The maximum Gasteiger partial charge on any atom is 0.267 e. The van der Waals surface area contributed by atoms with Crippen LogP contribution in [0.15, 0.2) is 83.7 Å². The normalized spacial score (nSPS) is 11.9. The second kappa shape index (κ2) is 11.3. The highest BCUT2D eigenvalue weighted by molar-refractivity contribution is 5.68. The van der Waals surface area contributed by atoms with E-state index in [2.05, 4.69) is 37.8 Å². The molecule has 0 bridgehead atoms. The van der Waals surface area contributed by atoms with Gasteiger partial charge in [0, 0.05) is 29.8 Å².